The van der Waals surface area contributed by atoms with Gasteiger partial charge >= 0.3 is 36.0 Å². The molecule has 22 nitrogen and oxygen atoms in total. The van der Waals surface area contributed by atoms with Gasteiger partial charge in [-0.1, -0.05) is 62.3 Å². The Bertz CT molecular complexity index is 3030. The fourth-order valence-corrected chi connectivity index (χ4v) is 7.49. The largest absolute Gasteiger partial charge is 0.475 e. The number of aromatic carboxylic acids is 3. The molecule has 0 saturated carbocycles. The second-order valence-corrected chi connectivity index (χ2v) is 20.3. The highest BCUT2D eigenvalue weighted by atomic mass is 16.4. The number of hydrogen-bond donors (Lipinski definition) is 9. The van der Waals surface area contributed by atoms with Crippen LogP contribution < -0.4 is 48.2 Å². The number of carboxylic acid groups (broad SMARTS) is 3. The van der Waals surface area contributed by atoms with Crippen molar-refractivity contribution in [3.8, 4) is 0 Å². The van der Waals surface area contributed by atoms with Crippen molar-refractivity contribution in [2.45, 2.75) is 78.6 Å². The van der Waals surface area contributed by atoms with E-state index in [0.29, 0.717) is 16.7 Å². The van der Waals surface area contributed by atoms with E-state index >= 15 is 0 Å². The van der Waals surface area contributed by atoms with Gasteiger partial charge in [0.15, 0.2) is 33.0 Å². The van der Waals surface area contributed by atoms with E-state index in [1.165, 1.54) is 0 Å². The van der Waals surface area contributed by atoms with Gasteiger partial charge in [-0.3, -0.25) is 19.3 Å². The Kier molecular flexibility index (Phi) is 15.5. The highest BCUT2D eigenvalue weighted by molar-refractivity contribution is 6.02. The van der Waals surface area contributed by atoms with Gasteiger partial charge in [-0.2, -0.15) is 0 Å². The maximum atomic E-state index is 13.4. The molecule has 3 aromatic heterocycles. The van der Waals surface area contributed by atoms with Crippen LogP contribution in [0.25, 0.3) is 32.9 Å². The van der Waals surface area contributed by atoms with E-state index in [1.54, 1.807) is 41.3 Å². The van der Waals surface area contributed by atoms with Crippen molar-refractivity contribution in [1.82, 2.24) is 20.9 Å². The van der Waals surface area contributed by atoms with Crippen LogP contribution in [-0.4, -0.2) is 95.5 Å². The summed E-state index contributed by atoms with van der Waals surface area (Å²) in [5.74, 6) is -6.32. The monoisotopic (exact) mass is 1010 g/mol. The molecule has 0 aliphatic rings. The molecule has 9 N–H and O–H groups in total. The van der Waals surface area contributed by atoms with Gasteiger partial charge in [0.2, 0.25) is 17.3 Å². The highest BCUT2D eigenvalue weighted by Gasteiger charge is 2.25. The van der Waals surface area contributed by atoms with Crippen LogP contribution in [-0.2, 0) is 16.2 Å². The first-order chi connectivity index (χ1) is 34.0. The zero-order valence-electron chi connectivity index (χ0n) is 41.6. The minimum Gasteiger partial charge on any atom is -0.475 e. The lowest BCUT2D eigenvalue weighted by Gasteiger charge is -2.24. The number of amides is 6. The van der Waals surface area contributed by atoms with Crippen molar-refractivity contribution >= 4 is 86.0 Å². The average molecular weight is 1010 g/mol. The summed E-state index contributed by atoms with van der Waals surface area (Å²) in [6.45, 7) is 17.3. The predicted octanol–water partition coefficient (Wildman–Crippen LogP) is 7.06. The quantitative estimate of drug-likeness (QED) is 0.0497. The van der Waals surface area contributed by atoms with Crippen LogP contribution >= 0.6 is 0 Å². The summed E-state index contributed by atoms with van der Waals surface area (Å²) in [6, 6.07) is 9.83. The molecule has 22 heteroatoms. The van der Waals surface area contributed by atoms with Crippen molar-refractivity contribution in [2.75, 3.05) is 55.2 Å². The summed E-state index contributed by atoms with van der Waals surface area (Å²) in [4.78, 5) is 116. The lowest BCUT2D eigenvalue weighted by molar-refractivity contribution is 0.0653. The van der Waals surface area contributed by atoms with Crippen LogP contribution in [0.5, 0.6) is 0 Å². The average Bonchev–Trinajstić information content (AvgIpc) is 3.28. The Morgan fingerprint density at radius 1 is 0.425 bits per heavy atom. The molecule has 0 saturated heterocycles. The number of rotatable bonds is 15. The zero-order valence-corrected chi connectivity index (χ0v) is 41.6. The Morgan fingerprint density at radius 2 is 0.671 bits per heavy atom. The smallest absolute Gasteiger partial charge is 0.371 e. The van der Waals surface area contributed by atoms with E-state index in [1.807, 2.05) is 62.3 Å². The number of benzene rings is 3. The van der Waals surface area contributed by atoms with E-state index in [9.17, 15) is 58.5 Å². The van der Waals surface area contributed by atoms with E-state index < -0.39 is 85.8 Å². The molecule has 0 aliphatic carbocycles. The molecule has 0 unspecified atom stereocenters. The fraction of sp³-hybridized carbons (Fsp3) is 0.353. The van der Waals surface area contributed by atoms with E-state index in [2.05, 4.69) is 31.9 Å². The van der Waals surface area contributed by atoms with Crippen LogP contribution in [0.1, 0.15) is 111 Å². The number of carbonyl (C=O) groups excluding carboxylic acids is 3. The number of nitrogens with one attached hydrogen (secondary N) is 6. The molecule has 6 amide bonds. The van der Waals surface area contributed by atoms with Gasteiger partial charge in [-0.15, -0.1) is 0 Å². The molecular formula is C51H57N7O15. The van der Waals surface area contributed by atoms with Gasteiger partial charge in [0.25, 0.3) is 0 Å². The second-order valence-electron chi connectivity index (χ2n) is 20.3. The molecule has 3 aromatic carbocycles. The summed E-state index contributed by atoms with van der Waals surface area (Å²) in [5.41, 5.74) is -1.70. The van der Waals surface area contributed by atoms with Gasteiger partial charge < -0.3 is 60.5 Å². The molecule has 0 atom stereocenters. The van der Waals surface area contributed by atoms with E-state index in [4.69, 9.17) is 13.3 Å². The van der Waals surface area contributed by atoms with Crippen molar-refractivity contribution in [2.24, 2.45) is 0 Å². The van der Waals surface area contributed by atoms with Crippen molar-refractivity contribution in [1.29, 1.82) is 0 Å². The third-order valence-corrected chi connectivity index (χ3v) is 11.6. The topological polar surface area (TPSA) is 329 Å². The molecule has 6 rings (SSSR count). The van der Waals surface area contributed by atoms with E-state index in [-0.39, 0.29) is 89.2 Å². The molecule has 386 valence electrons. The first-order valence-corrected chi connectivity index (χ1v) is 22.9. The maximum Gasteiger partial charge on any atom is 0.371 e. The number of nitrogens with zero attached hydrogens (tertiary/aromatic N) is 1. The van der Waals surface area contributed by atoms with Crippen molar-refractivity contribution in [3.05, 3.63) is 119 Å². The molecule has 0 radical (unpaired) electrons. The van der Waals surface area contributed by atoms with Gasteiger partial charge in [-0.05, 0) is 69.3 Å². The summed E-state index contributed by atoms with van der Waals surface area (Å²) in [5, 5.41) is 45.0. The lowest BCUT2D eigenvalue weighted by Crippen LogP contribution is -2.44. The number of hydrogen-bond acceptors (Lipinski definition) is 13. The lowest BCUT2D eigenvalue weighted by atomic mass is 9.86. The normalized spacial score (nSPS) is 11.9. The summed E-state index contributed by atoms with van der Waals surface area (Å²) >= 11 is 0. The first-order valence-electron chi connectivity index (χ1n) is 22.9. The molecule has 0 aliphatic heterocycles. The minimum atomic E-state index is -1.48. The Morgan fingerprint density at radius 3 is 0.890 bits per heavy atom. The number of carbonyl (C=O) groups is 6. The van der Waals surface area contributed by atoms with Gasteiger partial charge in [0.1, 0.15) is 0 Å². The SMILES string of the molecule is CC(C)(C)c1cc(NC(=O)NCCN(CCNC(=O)Nc2cc(C(C)(C)C)cc3c(=O)cc(C(=O)O)oc23)CCNC(=O)Nc2cc(C(C)(C)C)cc3c(=O)cc(C(=O)O)oc23)c2oc(C(=O)O)cc(=O)c2c1. The highest BCUT2D eigenvalue weighted by Crippen LogP contribution is 2.34. The third-order valence-electron chi connectivity index (χ3n) is 11.6. The predicted molar refractivity (Wildman–Crippen MR) is 272 cm³/mol. The summed E-state index contributed by atoms with van der Waals surface area (Å²) < 4.78 is 16.7. The Labute approximate surface area is 416 Å². The van der Waals surface area contributed by atoms with Crippen LogP contribution in [0.2, 0.25) is 0 Å². The number of carboxylic acids is 3. The number of anilines is 3. The molecular weight excluding hydrogens is 951 g/mol. The van der Waals surface area contributed by atoms with Gasteiger partial charge in [0.05, 0.1) is 33.2 Å². The molecule has 73 heavy (non-hydrogen) atoms. The van der Waals surface area contributed by atoms with Gasteiger partial charge in [-0.25, -0.2) is 28.8 Å². The van der Waals surface area contributed by atoms with Crippen molar-refractivity contribution < 1.29 is 57.3 Å². The van der Waals surface area contributed by atoms with Crippen LogP contribution in [0.15, 0.2) is 82.2 Å². The Balaban J connectivity index is 1.20. The van der Waals surface area contributed by atoms with Crippen molar-refractivity contribution in [3.63, 3.8) is 0 Å². The summed E-state index contributed by atoms with van der Waals surface area (Å²) in [7, 11) is 0. The van der Waals surface area contributed by atoms with E-state index in [0.717, 1.165) is 18.2 Å². The third kappa shape index (κ3) is 13.1. The molecule has 0 fully saturated rings. The fourth-order valence-electron chi connectivity index (χ4n) is 7.49. The maximum absolute atomic E-state index is 13.4. The molecule has 0 bridgehead atoms. The van der Waals surface area contributed by atoms with Crippen LogP contribution in [0.3, 0.4) is 0 Å². The minimum absolute atomic E-state index is 0.0293. The molecule has 6 aromatic rings. The zero-order chi connectivity index (χ0) is 53.9. The second kappa shape index (κ2) is 21.1. The molecule has 3 heterocycles. The van der Waals surface area contributed by atoms with Crippen LogP contribution in [0.4, 0.5) is 31.4 Å². The van der Waals surface area contributed by atoms with Crippen LogP contribution in [0, 0.1) is 0 Å². The van der Waals surface area contributed by atoms with Gasteiger partial charge in [0, 0.05) is 57.5 Å². The summed E-state index contributed by atoms with van der Waals surface area (Å²) in [6.07, 6.45) is 0. The standard InChI is InChI=1S/C51H57N7O15/c1-49(2,3)25-16-28-34(59)22-37(43(62)63)71-40(28)31(19-25)55-46(68)52-10-13-58(14-11-53-47(69)56-32-20-26(50(4,5)6)17-29-35(60)23-38(44(64)65)72-41(29)32)15-12-54-48(70)57-33-21-27(51(7,8)9)18-30-36(61)24-39(45(66)67)73-42(30)33/h16-24H,10-15H2,1-9H3,(H,62,63)(H,64,65)(H,66,67)(H2,52,55,68)(H2,53,56,69)(H2,54,57,70). The first kappa shape index (κ1) is 53.8. The molecule has 0 spiro atoms. The number of urea groups is 3. The Hall–Kier alpha value is -8.53. The number of fused-ring (bicyclic) bond motifs is 3.